The number of carbonyl (C=O) groups is 1. The minimum absolute atomic E-state index is 0.0523. The van der Waals surface area contributed by atoms with Crippen LogP contribution in [0.25, 0.3) is 0 Å². The highest BCUT2D eigenvalue weighted by Crippen LogP contribution is 2.21. The average molecular weight is 305 g/mol. The number of methoxy groups -OCH3 is 1. The molecule has 0 unspecified atom stereocenters. The van der Waals surface area contributed by atoms with Gasteiger partial charge in [-0.05, 0) is 36.0 Å². The molecule has 0 atom stereocenters. The van der Waals surface area contributed by atoms with Crippen molar-refractivity contribution >= 4 is 27.7 Å². The standard InChI is InChI=1S/C11H13ClN2O4S/c1-18-9-2-4-10(5-3-9)19(16,17)14-7-6-13(12)8-11(14)15/h2-5H,6-8H2,1H3. The van der Waals surface area contributed by atoms with Crippen LogP contribution in [-0.2, 0) is 14.8 Å². The Hall–Kier alpha value is -1.31. The molecule has 1 fully saturated rings. The molecule has 6 nitrogen and oxygen atoms in total. The molecule has 1 heterocycles. The van der Waals surface area contributed by atoms with Gasteiger partial charge in [0.25, 0.3) is 15.9 Å². The highest BCUT2D eigenvalue weighted by atomic mass is 35.5. The van der Waals surface area contributed by atoms with Gasteiger partial charge < -0.3 is 4.74 Å². The first kappa shape index (κ1) is 14.1. The van der Waals surface area contributed by atoms with Crippen LogP contribution >= 0.6 is 11.8 Å². The zero-order valence-electron chi connectivity index (χ0n) is 10.2. The molecular weight excluding hydrogens is 292 g/mol. The van der Waals surface area contributed by atoms with Crippen LogP contribution in [0.1, 0.15) is 0 Å². The number of hydrogen-bond donors (Lipinski definition) is 0. The Kier molecular flexibility index (Phi) is 3.98. The largest absolute Gasteiger partial charge is 0.497 e. The third-order valence-corrected chi connectivity index (χ3v) is 4.90. The van der Waals surface area contributed by atoms with E-state index in [-0.39, 0.29) is 18.0 Å². The number of ether oxygens (including phenoxy) is 1. The molecule has 104 valence electrons. The number of hydrogen-bond acceptors (Lipinski definition) is 5. The molecule has 0 radical (unpaired) electrons. The highest BCUT2D eigenvalue weighted by Gasteiger charge is 2.33. The Morgan fingerprint density at radius 1 is 1.21 bits per heavy atom. The fourth-order valence-electron chi connectivity index (χ4n) is 1.76. The van der Waals surface area contributed by atoms with Crippen molar-refractivity contribution in [3.8, 4) is 5.75 Å². The molecule has 0 aliphatic carbocycles. The molecule has 0 bridgehead atoms. The lowest BCUT2D eigenvalue weighted by atomic mass is 10.3. The third kappa shape index (κ3) is 2.83. The molecule has 0 N–H and O–H groups in total. The lowest BCUT2D eigenvalue weighted by Gasteiger charge is -2.29. The van der Waals surface area contributed by atoms with Gasteiger partial charge in [-0.2, -0.15) is 0 Å². The molecule has 0 aromatic heterocycles. The van der Waals surface area contributed by atoms with Gasteiger partial charge in [0.15, 0.2) is 0 Å². The third-order valence-electron chi connectivity index (χ3n) is 2.78. The van der Waals surface area contributed by atoms with Crippen LogP contribution in [0.3, 0.4) is 0 Å². The summed E-state index contributed by atoms with van der Waals surface area (Å²) in [6, 6.07) is 5.90. The van der Waals surface area contributed by atoms with Crippen molar-refractivity contribution in [3.63, 3.8) is 0 Å². The Labute approximate surface area is 116 Å². The van der Waals surface area contributed by atoms with E-state index in [1.54, 1.807) is 0 Å². The Morgan fingerprint density at radius 3 is 2.37 bits per heavy atom. The summed E-state index contributed by atoms with van der Waals surface area (Å²) < 4.78 is 31.7. The molecule has 2 rings (SSSR count). The van der Waals surface area contributed by atoms with E-state index in [4.69, 9.17) is 16.5 Å². The van der Waals surface area contributed by atoms with Crippen LogP contribution in [0.5, 0.6) is 5.75 Å². The van der Waals surface area contributed by atoms with Gasteiger partial charge in [0.05, 0.1) is 25.1 Å². The lowest BCUT2D eigenvalue weighted by Crippen LogP contribution is -2.49. The lowest BCUT2D eigenvalue weighted by molar-refractivity contribution is -0.128. The van der Waals surface area contributed by atoms with Gasteiger partial charge in [-0.25, -0.2) is 17.1 Å². The SMILES string of the molecule is COc1ccc(S(=O)(=O)N2CCN(Cl)CC2=O)cc1. The summed E-state index contributed by atoms with van der Waals surface area (Å²) in [5.74, 6) is 0.0212. The van der Waals surface area contributed by atoms with E-state index in [0.29, 0.717) is 12.3 Å². The molecule has 1 aromatic rings. The summed E-state index contributed by atoms with van der Waals surface area (Å²) in [5, 5.41) is 0. The Bertz CT molecular complexity index is 573. The Balaban J connectivity index is 2.28. The maximum atomic E-state index is 12.3. The van der Waals surface area contributed by atoms with Gasteiger partial charge in [0.1, 0.15) is 5.75 Å². The molecule has 1 aliphatic heterocycles. The second-order valence-electron chi connectivity index (χ2n) is 3.99. The fourth-order valence-corrected chi connectivity index (χ4v) is 3.32. The van der Waals surface area contributed by atoms with Gasteiger partial charge in [0.2, 0.25) is 0 Å². The Morgan fingerprint density at radius 2 is 1.84 bits per heavy atom. The number of rotatable bonds is 3. The first-order valence-electron chi connectivity index (χ1n) is 5.55. The number of sulfonamides is 1. The first-order valence-corrected chi connectivity index (χ1v) is 7.33. The van der Waals surface area contributed by atoms with E-state index in [9.17, 15) is 13.2 Å². The molecule has 1 saturated heterocycles. The van der Waals surface area contributed by atoms with Crippen LogP contribution in [0.15, 0.2) is 29.2 Å². The van der Waals surface area contributed by atoms with Gasteiger partial charge >= 0.3 is 0 Å². The maximum absolute atomic E-state index is 12.3. The van der Waals surface area contributed by atoms with E-state index in [1.165, 1.54) is 35.8 Å². The number of piperazine rings is 1. The van der Waals surface area contributed by atoms with Crippen LogP contribution in [-0.4, -0.2) is 49.8 Å². The molecular formula is C11H13ClN2O4S. The van der Waals surface area contributed by atoms with E-state index < -0.39 is 15.9 Å². The minimum Gasteiger partial charge on any atom is -0.497 e. The van der Waals surface area contributed by atoms with Crippen LogP contribution in [0.4, 0.5) is 0 Å². The molecule has 8 heteroatoms. The number of carbonyl (C=O) groups excluding carboxylic acids is 1. The topological polar surface area (TPSA) is 66.9 Å². The molecule has 1 aliphatic rings. The van der Waals surface area contributed by atoms with Gasteiger partial charge in [-0.15, -0.1) is 0 Å². The van der Waals surface area contributed by atoms with Crippen molar-refractivity contribution in [2.75, 3.05) is 26.7 Å². The van der Waals surface area contributed by atoms with E-state index in [1.807, 2.05) is 0 Å². The maximum Gasteiger partial charge on any atom is 0.266 e. The zero-order valence-corrected chi connectivity index (χ0v) is 11.8. The summed E-state index contributed by atoms with van der Waals surface area (Å²) in [6.07, 6.45) is 0. The summed E-state index contributed by atoms with van der Waals surface area (Å²) >= 11 is 5.69. The van der Waals surface area contributed by atoms with E-state index in [0.717, 1.165) is 4.31 Å². The van der Waals surface area contributed by atoms with Crippen LogP contribution in [0.2, 0.25) is 0 Å². The normalized spacial score (nSPS) is 17.6. The van der Waals surface area contributed by atoms with Crippen molar-refractivity contribution in [1.29, 1.82) is 0 Å². The van der Waals surface area contributed by atoms with E-state index in [2.05, 4.69) is 0 Å². The first-order chi connectivity index (χ1) is 8.95. The van der Waals surface area contributed by atoms with Crippen molar-refractivity contribution in [2.24, 2.45) is 0 Å². The predicted molar refractivity (Wildman–Crippen MR) is 69.3 cm³/mol. The van der Waals surface area contributed by atoms with Gasteiger partial charge in [-0.1, -0.05) is 0 Å². The van der Waals surface area contributed by atoms with Crippen LogP contribution < -0.4 is 4.74 Å². The summed E-state index contributed by atoms with van der Waals surface area (Å²) in [7, 11) is -2.32. The average Bonchev–Trinajstić information content (AvgIpc) is 2.38. The number of halogens is 1. The molecule has 1 aromatic carbocycles. The predicted octanol–water partition coefficient (Wildman–Crippen LogP) is 0.682. The summed E-state index contributed by atoms with van der Waals surface area (Å²) in [6.45, 7) is 0.246. The molecule has 0 saturated carbocycles. The number of benzene rings is 1. The zero-order chi connectivity index (χ0) is 14.0. The molecule has 0 spiro atoms. The van der Waals surface area contributed by atoms with Gasteiger partial charge in [0, 0.05) is 6.54 Å². The van der Waals surface area contributed by atoms with E-state index >= 15 is 0 Å². The highest BCUT2D eigenvalue weighted by molar-refractivity contribution is 7.89. The number of amides is 1. The monoisotopic (exact) mass is 304 g/mol. The summed E-state index contributed by atoms with van der Waals surface area (Å²) in [4.78, 5) is 11.8. The minimum atomic E-state index is -3.82. The quantitative estimate of drug-likeness (QED) is 0.768. The van der Waals surface area contributed by atoms with Crippen molar-refractivity contribution in [2.45, 2.75) is 4.90 Å². The molecule has 1 amide bonds. The smallest absolute Gasteiger partial charge is 0.266 e. The van der Waals surface area contributed by atoms with Crippen molar-refractivity contribution in [3.05, 3.63) is 24.3 Å². The van der Waals surface area contributed by atoms with Gasteiger partial charge in [-0.3, -0.25) is 4.79 Å². The fraction of sp³-hybridized carbons (Fsp3) is 0.364. The second kappa shape index (κ2) is 5.36. The van der Waals surface area contributed by atoms with Crippen LogP contribution in [0, 0.1) is 0 Å². The summed E-state index contributed by atoms with van der Waals surface area (Å²) in [5.41, 5.74) is 0. The molecule has 19 heavy (non-hydrogen) atoms. The van der Waals surface area contributed by atoms with Crippen molar-refractivity contribution in [1.82, 2.24) is 8.72 Å². The number of nitrogens with zero attached hydrogens (tertiary/aromatic N) is 2. The van der Waals surface area contributed by atoms with Crippen molar-refractivity contribution < 1.29 is 17.9 Å². The second-order valence-corrected chi connectivity index (χ2v) is 6.33.